The highest BCUT2D eigenvalue weighted by Gasteiger charge is 1.98. The van der Waals surface area contributed by atoms with E-state index in [0.29, 0.717) is 0 Å². The smallest absolute Gasteiger partial charge is 0.0821 e. The number of nitrogens with zero attached hydrogens (tertiary/aromatic N) is 2. The summed E-state index contributed by atoms with van der Waals surface area (Å²) in [5, 5.41) is 2.89. The van der Waals surface area contributed by atoms with Crippen LogP contribution in [0, 0.1) is 0 Å². The predicted octanol–water partition coefficient (Wildman–Crippen LogP) is 1.36. The lowest BCUT2D eigenvalue weighted by atomic mass is 10.3. The zero-order valence-electron chi connectivity index (χ0n) is 9.21. The summed E-state index contributed by atoms with van der Waals surface area (Å²) in [4.78, 5) is 6.65. The Morgan fingerprint density at radius 2 is 2.08 bits per heavy atom. The minimum atomic E-state index is 0.901. The van der Waals surface area contributed by atoms with E-state index in [-0.39, 0.29) is 0 Å². The van der Waals surface area contributed by atoms with Gasteiger partial charge in [-0.2, -0.15) is 0 Å². The van der Waals surface area contributed by atoms with Crippen molar-refractivity contribution in [3.8, 4) is 0 Å². The minimum Gasteiger partial charge on any atom is -0.380 e. The summed E-state index contributed by atoms with van der Waals surface area (Å²) in [6.45, 7) is 8.76. The topological polar surface area (TPSA) is 27.6 Å². The summed E-state index contributed by atoms with van der Waals surface area (Å²) in [5.41, 5.74) is 0. The Balaban J connectivity index is 3.41. The summed E-state index contributed by atoms with van der Waals surface area (Å²) in [5.74, 6) is 0. The predicted molar refractivity (Wildman–Crippen MR) is 59.4 cm³/mol. The second-order valence-corrected chi connectivity index (χ2v) is 3.11. The van der Waals surface area contributed by atoms with E-state index in [4.69, 9.17) is 0 Å². The Hall–Kier alpha value is -0.570. The van der Waals surface area contributed by atoms with Gasteiger partial charge in [-0.3, -0.25) is 4.99 Å². The van der Waals surface area contributed by atoms with Gasteiger partial charge in [0.15, 0.2) is 0 Å². The minimum absolute atomic E-state index is 0.901. The third-order valence-electron chi connectivity index (χ3n) is 2.04. The van der Waals surface area contributed by atoms with Gasteiger partial charge in [-0.25, -0.2) is 0 Å². The fourth-order valence-corrected chi connectivity index (χ4v) is 1.16. The van der Waals surface area contributed by atoms with Crippen LogP contribution in [-0.4, -0.2) is 44.5 Å². The third-order valence-corrected chi connectivity index (χ3v) is 2.04. The Bertz CT molecular complexity index is 123. The van der Waals surface area contributed by atoms with Gasteiger partial charge in [-0.15, -0.1) is 0 Å². The van der Waals surface area contributed by atoms with Crippen LogP contribution in [0.3, 0.4) is 0 Å². The molecule has 0 saturated carbocycles. The molecule has 1 N–H and O–H groups in total. The zero-order valence-corrected chi connectivity index (χ0v) is 9.21. The summed E-state index contributed by atoms with van der Waals surface area (Å²) in [6.07, 6.45) is 4.33. The Labute approximate surface area is 82.2 Å². The van der Waals surface area contributed by atoms with E-state index < -0.39 is 0 Å². The Morgan fingerprint density at radius 1 is 1.31 bits per heavy atom. The van der Waals surface area contributed by atoms with Crippen molar-refractivity contribution in [2.75, 3.05) is 33.2 Å². The van der Waals surface area contributed by atoms with E-state index in [1.54, 1.807) is 6.34 Å². The highest BCUT2D eigenvalue weighted by molar-refractivity contribution is 5.53. The molecule has 78 valence electrons. The molecule has 0 unspecified atom stereocenters. The second-order valence-electron chi connectivity index (χ2n) is 3.11. The van der Waals surface area contributed by atoms with Crippen LogP contribution >= 0.6 is 0 Å². The van der Waals surface area contributed by atoms with Crippen LogP contribution in [0.1, 0.15) is 26.7 Å². The first-order chi connectivity index (χ1) is 6.35. The molecular formula is C10H23N3. The highest BCUT2D eigenvalue weighted by Crippen LogP contribution is 1.93. The van der Waals surface area contributed by atoms with E-state index in [9.17, 15) is 0 Å². The van der Waals surface area contributed by atoms with Crippen molar-refractivity contribution in [3.63, 3.8) is 0 Å². The first-order valence-electron chi connectivity index (χ1n) is 5.23. The van der Waals surface area contributed by atoms with Crippen LogP contribution in [0.4, 0.5) is 0 Å². The fraction of sp³-hybridized carbons (Fsp3) is 0.900. The van der Waals surface area contributed by atoms with Gasteiger partial charge in [0.1, 0.15) is 0 Å². The lowest BCUT2D eigenvalue weighted by molar-refractivity contribution is 0.292. The lowest BCUT2D eigenvalue weighted by Crippen LogP contribution is -2.27. The molecule has 0 radical (unpaired) electrons. The average Bonchev–Trinajstić information content (AvgIpc) is 2.17. The molecule has 0 heterocycles. The van der Waals surface area contributed by atoms with E-state index in [2.05, 4.69) is 29.1 Å². The number of aliphatic imine (C=N–C) groups is 1. The number of nitrogens with one attached hydrogen (secondary N) is 1. The molecule has 13 heavy (non-hydrogen) atoms. The molecule has 0 amide bonds. The number of unbranched alkanes of at least 4 members (excludes halogenated alkanes) is 1. The Morgan fingerprint density at radius 3 is 2.62 bits per heavy atom. The molecule has 0 saturated heterocycles. The van der Waals surface area contributed by atoms with Crippen molar-refractivity contribution in [3.05, 3.63) is 0 Å². The first kappa shape index (κ1) is 12.4. The fourth-order valence-electron chi connectivity index (χ4n) is 1.16. The van der Waals surface area contributed by atoms with Gasteiger partial charge in [0, 0.05) is 13.6 Å². The summed E-state index contributed by atoms with van der Waals surface area (Å²) >= 11 is 0. The normalized spacial score (nSPS) is 11.4. The summed E-state index contributed by atoms with van der Waals surface area (Å²) < 4.78 is 0. The molecule has 0 aliphatic rings. The van der Waals surface area contributed by atoms with Crippen molar-refractivity contribution in [1.29, 1.82) is 0 Å². The van der Waals surface area contributed by atoms with Crippen LogP contribution in [0.15, 0.2) is 4.99 Å². The van der Waals surface area contributed by atoms with Crippen LogP contribution in [0.25, 0.3) is 0 Å². The van der Waals surface area contributed by atoms with Gasteiger partial charge in [-0.05, 0) is 19.5 Å². The molecule has 0 rings (SSSR count). The summed E-state index contributed by atoms with van der Waals surface area (Å²) in [6, 6.07) is 0. The van der Waals surface area contributed by atoms with Crippen LogP contribution in [0.5, 0.6) is 0 Å². The van der Waals surface area contributed by atoms with Crippen molar-refractivity contribution in [1.82, 2.24) is 10.2 Å². The first-order valence-corrected chi connectivity index (χ1v) is 5.23. The van der Waals surface area contributed by atoms with Gasteiger partial charge in [0.2, 0.25) is 0 Å². The van der Waals surface area contributed by atoms with Gasteiger partial charge in [-0.1, -0.05) is 20.3 Å². The maximum Gasteiger partial charge on any atom is 0.0821 e. The molecular weight excluding hydrogens is 162 g/mol. The standard InChI is InChI=1S/C10H23N3/c1-4-6-8-13(5-2)9-7-12-10-11-3/h10H,4-9H2,1-3H3,(H,11,12). The average molecular weight is 185 g/mol. The number of likely N-dealkylation sites (N-methyl/N-ethyl adjacent to an activating group) is 1. The van der Waals surface area contributed by atoms with Crippen LogP contribution in [0.2, 0.25) is 0 Å². The molecule has 0 bridgehead atoms. The number of hydrogen-bond acceptors (Lipinski definition) is 2. The maximum absolute atomic E-state index is 4.21. The van der Waals surface area contributed by atoms with Crippen LogP contribution in [-0.2, 0) is 0 Å². The molecule has 0 aromatic rings. The molecule has 0 spiro atoms. The number of rotatable bonds is 8. The van der Waals surface area contributed by atoms with E-state index in [1.165, 1.54) is 19.4 Å². The van der Waals surface area contributed by atoms with Gasteiger partial charge >= 0.3 is 0 Å². The zero-order chi connectivity index (χ0) is 9.94. The highest BCUT2D eigenvalue weighted by atomic mass is 15.1. The molecule has 0 aliphatic carbocycles. The quantitative estimate of drug-likeness (QED) is 0.457. The van der Waals surface area contributed by atoms with Crippen molar-refractivity contribution < 1.29 is 0 Å². The number of hydrogen-bond donors (Lipinski definition) is 1. The molecule has 0 aliphatic heterocycles. The molecule has 0 aromatic carbocycles. The molecule has 3 nitrogen and oxygen atoms in total. The van der Waals surface area contributed by atoms with Crippen molar-refractivity contribution >= 4 is 6.34 Å². The molecule has 3 heteroatoms. The van der Waals surface area contributed by atoms with Crippen molar-refractivity contribution in [2.45, 2.75) is 26.7 Å². The largest absolute Gasteiger partial charge is 0.380 e. The van der Waals surface area contributed by atoms with Crippen LogP contribution < -0.4 is 5.32 Å². The lowest BCUT2D eigenvalue weighted by Gasteiger charge is -2.18. The van der Waals surface area contributed by atoms with Gasteiger partial charge in [0.05, 0.1) is 12.9 Å². The molecule has 0 fully saturated rings. The van der Waals surface area contributed by atoms with E-state index >= 15 is 0 Å². The van der Waals surface area contributed by atoms with E-state index in [0.717, 1.165) is 19.6 Å². The maximum atomic E-state index is 4.21. The SMILES string of the molecule is CCCCN(CC)CC/N=C/NC. The third kappa shape index (κ3) is 7.78. The van der Waals surface area contributed by atoms with Gasteiger partial charge < -0.3 is 10.2 Å². The second kappa shape index (κ2) is 9.52. The molecule has 0 aromatic heterocycles. The van der Waals surface area contributed by atoms with Gasteiger partial charge in [0.25, 0.3) is 0 Å². The summed E-state index contributed by atoms with van der Waals surface area (Å²) in [7, 11) is 1.87. The van der Waals surface area contributed by atoms with E-state index in [1.807, 2.05) is 7.05 Å². The monoisotopic (exact) mass is 185 g/mol. The molecule has 0 atom stereocenters. The Kier molecular flexibility index (Phi) is 9.10. The van der Waals surface area contributed by atoms with Crippen molar-refractivity contribution in [2.24, 2.45) is 4.99 Å².